The second-order valence-corrected chi connectivity index (χ2v) is 9.68. The lowest BCUT2D eigenvalue weighted by Crippen LogP contribution is -2.49. The highest BCUT2D eigenvalue weighted by Crippen LogP contribution is 2.17. The van der Waals surface area contributed by atoms with Crippen LogP contribution in [0.25, 0.3) is 32.4 Å². The molecule has 5 aromatic rings. The molecule has 0 aliphatic heterocycles. The fourth-order valence-corrected chi connectivity index (χ4v) is 5.00. The van der Waals surface area contributed by atoms with Crippen LogP contribution in [0.15, 0.2) is 101 Å². The summed E-state index contributed by atoms with van der Waals surface area (Å²) >= 11 is 0. The molecule has 1 aromatic heterocycles. The number of nitrogens with zero attached hydrogens (tertiary/aromatic N) is 1. The molecule has 1 heterocycles. The Balaban J connectivity index is 1.41. The van der Waals surface area contributed by atoms with Crippen LogP contribution < -0.4 is 27.4 Å². The number of amides is 2. The molecule has 4 aromatic carbocycles. The molecule has 0 bridgehead atoms. The summed E-state index contributed by atoms with van der Waals surface area (Å²) in [5, 5.41) is 8.76. The molecule has 0 fully saturated rings. The number of nitrogens with one attached hydrogen (secondary N) is 2. The Hall–Kier alpha value is -4.82. The fraction of sp³-hybridized carbons (Fsp3) is 0.188. The first-order valence-corrected chi connectivity index (χ1v) is 13.3. The van der Waals surface area contributed by atoms with Crippen molar-refractivity contribution in [2.75, 3.05) is 13.1 Å². The van der Waals surface area contributed by atoms with Gasteiger partial charge in [0.05, 0.1) is 10.9 Å². The van der Waals surface area contributed by atoms with Crippen LogP contribution in [0.5, 0.6) is 0 Å². The third kappa shape index (κ3) is 5.62. The molecule has 1 unspecified atom stereocenters. The summed E-state index contributed by atoms with van der Waals surface area (Å²) in [5.74, 6) is -0.717. The maximum Gasteiger partial charge on any atom is 0.259 e. The minimum atomic E-state index is -0.824. The van der Waals surface area contributed by atoms with Crippen LogP contribution in [0.3, 0.4) is 0 Å². The van der Waals surface area contributed by atoms with E-state index in [0.29, 0.717) is 28.1 Å². The summed E-state index contributed by atoms with van der Waals surface area (Å²) in [6.07, 6.45) is 0.231. The van der Waals surface area contributed by atoms with Crippen molar-refractivity contribution in [2.45, 2.75) is 25.4 Å². The number of hydrogen-bond acceptors (Lipinski definition) is 5. The summed E-state index contributed by atoms with van der Waals surface area (Å²) in [6.45, 7) is 0.602. The Morgan fingerprint density at radius 3 is 2.25 bits per heavy atom. The van der Waals surface area contributed by atoms with Crippen molar-refractivity contribution in [1.82, 2.24) is 15.2 Å². The Morgan fingerprint density at radius 2 is 1.48 bits per heavy atom. The first-order chi connectivity index (χ1) is 19.5. The van der Waals surface area contributed by atoms with Crippen molar-refractivity contribution < 1.29 is 9.59 Å². The molecule has 5 rings (SSSR count). The first-order valence-electron chi connectivity index (χ1n) is 13.3. The molecule has 8 nitrogen and oxygen atoms in total. The van der Waals surface area contributed by atoms with Crippen molar-refractivity contribution in [3.05, 3.63) is 117 Å². The summed E-state index contributed by atoms with van der Waals surface area (Å²) < 4.78 is 1.46. The quantitative estimate of drug-likeness (QED) is 0.268. The van der Waals surface area contributed by atoms with Crippen molar-refractivity contribution in [2.24, 2.45) is 5.73 Å². The third-order valence-electron chi connectivity index (χ3n) is 7.00. The molecule has 0 aliphatic carbocycles. The van der Waals surface area contributed by atoms with E-state index in [2.05, 4.69) is 10.6 Å². The molecular weight excluding hydrogens is 504 g/mol. The van der Waals surface area contributed by atoms with Crippen LogP contribution in [-0.2, 0) is 22.6 Å². The summed E-state index contributed by atoms with van der Waals surface area (Å²) in [7, 11) is 0. The summed E-state index contributed by atoms with van der Waals surface area (Å²) in [6, 6.07) is 26.6. The fourth-order valence-electron chi connectivity index (χ4n) is 5.00. The number of para-hydroxylation sites is 1. The highest BCUT2D eigenvalue weighted by Gasteiger charge is 2.21. The summed E-state index contributed by atoms with van der Waals surface area (Å²) in [4.78, 5) is 52.9. The van der Waals surface area contributed by atoms with Gasteiger partial charge in [-0.15, -0.1) is 0 Å². The van der Waals surface area contributed by atoms with Gasteiger partial charge in [0.1, 0.15) is 6.04 Å². The summed E-state index contributed by atoms with van der Waals surface area (Å²) in [5.41, 5.74) is 6.33. The minimum Gasteiger partial charge on any atom is -0.353 e. The number of carbonyl (C=O) groups excluding carboxylic acids is 2. The van der Waals surface area contributed by atoms with Gasteiger partial charge in [0.2, 0.25) is 11.8 Å². The van der Waals surface area contributed by atoms with Crippen LogP contribution in [0.4, 0.5) is 0 Å². The molecule has 0 saturated heterocycles. The predicted octanol–water partition coefficient (Wildman–Crippen LogP) is 2.86. The van der Waals surface area contributed by atoms with Gasteiger partial charge in [0.15, 0.2) is 5.43 Å². The second kappa shape index (κ2) is 11.9. The van der Waals surface area contributed by atoms with Crippen LogP contribution >= 0.6 is 0 Å². The zero-order valence-corrected chi connectivity index (χ0v) is 21.9. The molecule has 202 valence electrons. The van der Waals surface area contributed by atoms with E-state index in [1.807, 2.05) is 42.5 Å². The van der Waals surface area contributed by atoms with Crippen LogP contribution in [0.2, 0.25) is 0 Å². The van der Waals surface area contributed by atoms with Gasteiger partial charge in [-0.25, -0.2) is 0 Å². The maximum absolute atomic E-state index is 13.5. The SMILES string of the molecule is NCCNC(=O)C(Cc1ccc2ccccc2c1)NC(=O)CCn1c(=O)c2ccccc2c(=O)c2ccccc21. The molecule has 4 N–H and O–H groups in total. The second-order valence-electron chi connectivity index (χ2n) is 9.68. The van der Waals surface area contributed by atoms with Crippen molar-refractivity contribution >= 4 is 44.3 Å². The molecule has 8 heteroatoms. The monoisotopic (exact) mass is 534 g/mol. The van der Waals surface area contributed by atoms with Gasteiger partial charge in [0, 0.05) is 43.2 Å². The Bertz CT molecular complexity index is 1850. The predicted molar refractivity (Wildman–Crippen MR) is 158 cm³/mol. The zero-order chi connectivity index (χ0) is 28.1. The van der Waals surface area contributed by atoms with E-state index in [1.165, 1.54) is 4.57 Å². The van der Waals surface area contributed by atoms with Crippen LogP contribution in [-0.4, -0.2) is 35.5 Å². The largest absolute Gasteiger partial charge is 0.353 e. The van der Waals surface area contributed by atoms with Gasteiger partial charge in [-0.3, -0.25) is 19.2 Å². The normalized spacial score (nSPS) is 11.9. The van der Waals surface area contributed by atoms with E-state index in [9.17, 15) is 19.2 Å². The number of benzene rings is 4. The van der Waals surface area contributed by atoms with Crippen molar-refractivity contribution in [3.63, 3.8) is 0 Å². The molecule has 0 aliphatic rings. The molecule has 40 heavy (non-hydrogen) atoms. The van der Waals surface area contributed by atoms with Crippen LogP contribution in [0.1, 0.15) is 12.0 Å². The number of fused-ring (bicyclic) bond motifs is 3. The molecular formula is C32H30N4O4. The number of nitrogens with two attached hydrogens (primary N) is 1. The maximum atomic E-state index is 13.5. The first kappa shape index (κ1) is 26.8. The number of aromatic nitrogens is 1. The molecule has 1 atom stereocenters. The lowest BCUT2D eigenvalue weighted by molar-refractivity contribution is -0.129. The highest BCUT2D eigenvalue weighted by atomic mass is 16.2. The van der Waals surface area contributed by atoms with Crippen LogP contribution in [0, 0.1) is 0 Å². The van der Waals surface area contributed by atoms with Crippen molar-refractivity contribution in [3.8, 4) is 0 Å². The number of rotatable bonds is 9. The Kier molecular flexibility index (Phi) is 7.98. The van der Waals surface area contributed by atoms with E-state index in [4.69, 9.17) is 5.73 Å². The molecule has 0 radical (unpaired) electrons. The number of aryl methyl sites for hydroxylation is 1. The number of hydrogen-bond donors (Lipinski definition) is 3. The van der Waals surface area contributed by atoms with Crippen molar-refractivity contribution in [1.29, 1.82) is 0 Å². The average Bonchev–Trinajstić information content (AvgIpc) is 3.07. The average molecular weight is 535 g/mol. The van der Waals surface area contributed by atoms with Gasteiger partial charge in [-0.2, -0.15) is 0 Å². The van der Waals surface area contributed by atoms with E-state index >= 15 is 0 Å². The number of carbonyl (C=O) groups is 2. The standard InChI is InChI=1S/C32H30N4O4/c33-16-17-34-31(39)27(20-21-13-14-22-7-1-2-8-23(22)19-21)35-29(37)15-18-36-28-12-6-5-11-26(28)30(38)24-9-3-4-10-25(24)32(36)40/h1-14,19,27H,15-18,20,33H2,(H,34,39)(H,35,37). The third-order valence-corrected chi connectivity index (χ3v) is 7.00. The van der Waals surface area contributed by atoms with E-state index in [1.54, 1.807) is 48.5 Å². The zero-order valence-electron chi connectivity index (χ0n) is 21.9. The lowest BCUT2D eigenvalue weighted by atomic mass is 10.0. The molecule has 2 amide bonds. The lowest BCUT2D eigenvalue weighted by Gasteiger charge is -2.19. The topological polar surface area (TPSA) is 123 Å². The van der Waals surface area contributed by atoms with E-state index in [0.717, 1.165) is 16.3 Å². The molecule has 0 spiro atoms. The van der Waals surface area contributed by atoms with E-state index < -0.39 is 6.04 Å². The smallest absolute Gasteiger partial charge is 0.259 e. The van der Waals surface area contributed by atoms with E-state index in [-0.39, 0.29) is 48.9 Å². The highest BCUT2D eigenvalue weighted by molar-refractivity contribution is 5.91. The van der Waals surface area contributed by atoms with Gasteiger partial charge >= 0.3 is 0 Å². The Labute approximate surface area is 230 Å². The minimum absolute atomic E-state index is 0.0381. The van der Waals surface area contributed by atoms with Gasteiger partial charge in [0.25, 0.3) is 5.56 Å². The Morgan fingerprint density at radius 1 is 0.800 bits per heavy atom. The molecule has 0 saturated carbocycles. The van der Waals surface area contributed by atoms with Gasteiger partial charge < -0.3 is 20.9 Å². The van der Waals surface area contributed by atoms with Gasteiger partial charge in [-0.1, -0.05) is 72.8 Å². The van der Waals surface area contributed by atoms with Gasteiger partial charge in [-0.05, 0) is 34.5 Å².